The fraction of sp³-hybridized carbons (Fsp3) is 0.364. The molecule has 0 spiro atoms. The number of piperidine rings is 1. The number of nitrogens with zero attached hydrogens (tertiary/aromatic N) is 2. The summed E-state index contributed by atoms with van der Waals surface area (Å²) in [5.74, 6) is -0.0798. The molecule has 4 rings (SSSR count). The topological polar surface area (TPSA) is 52.7 Å². The molecule has 5 heteroatoms. The zero-order valence-corrected chi connectivity index (χ0v) is 16.1. The lowest BCUT2D eigenvalue weighted by Gasteiger charge is -2.46. The monoisotopic (exact) mass is 363 g/mol. The van der Waals surface area contributed by atoms with Crippen LogP contribution in [0.4, 0.5) is 11.4 Å². The Morgan fingerprint density at radius 3 is 2.56 bits per heavy atom. The fourth-order valence-electron chi connectivity index (χ4n) is 4.26. The van der Waals surface area contributed by atoms with Crippen LogP contribution < -0.4 is 10.2 Å². The molecule has 2 aromatic carbocycles. The van der Waals surface area contributed by atoms with E-state index in [1.54, 1.807) is 12.1 Å². The maximum Gasteiger partial charge on any atom is 0.257 e. The molecule has 2 aliphatic heterocycles. The minimum Gasteiger partial charge on any atom is -0.354 e. The molecule has 2 amide bonds. The van der Waals surface area contributed by atoms with E-state index in [1.807, 2.05) is 44.0 Å². The Bertz CT molecular complexity index is 902. The number of nitrogens with one attached hydrogen (secondary N) is 1. The van der Waals surface area contributed by atoms with Crippen LogP contribution in [0.25, 0.3) is 0 Å². The second kappa shape index (κ2) is 6.72. The lowest BCUT2D eigenvalue weighted by Crippen LogP contribution is -2.55. The zero-order valence-electron chi connectivity index (χ0n) is 16.1. The standard InChI is InChI=1S/C22H25N3O2/c1-14-10-15(2)12-17(11-14)23-21(26)16-7-8-18-19(13-16)24(3)20-6-4-5-9-25(20)22(18)27/h7-8,10-13,20H,4-6,9H2,1-3H3,(H,23,26). The van der Waals surface area contributed by atoms with E-state index in [0.717, 1.165) is 48.3 Å². The minimum absolute atomic E-state index is 0.0778. The molecular formula is C22H25N3O2. The Labute approximate surface area is 160 Å². The lowest BCUT2D eigenvalue weighted by atomic mass is 9.97. The second-order valence-corrected chi connectivity index (χ2v) is 7.65. The van der Waals surface area contributed by atoms with Gasteiger partial charge in [0.25, 0.3) is 11.8 Å². The fourth-order valence-corrected chi connectivity index (χ4v) is 4.26. The van der Waals surface area contributed by atoms with Crippen LogP contribution in [-0.4, -0.2) is 36.5 Å². The van der Waals surface area contributed by atoms with Gasteiger partial charge in [0.15, 0.2) is 0 Å². The van der Waals surface area contributed by atoms with E-state index < -0.39 is 0 Å². The predicted octanol–water partition coefficient (Wildman–Crippen LogP) is 3.96. The van der Waals surface area contributed by atoms with Gasteiger partial charge in [-0.1, -0.05) is 6.07 Å². The molecular weight excluding hydrogens is 338 g/mol. The third kappa shape index (κ3) is 3.18. The Morgan fingerprint density at radius 2 is 1.81 bits per heavy atom. The highest BCUT2D eigenvalue weighted by Crippen LogP contribution is 2.35. The van der Waals surface area contributed by atoms with E-state index in [4.69, 9.17) is 0 Å². The Morgan fingerprint density at radius 1 is 1.07 bits per heavy atom. The van der Waals surface area contributed by atoms with E-state index in [2.05, 4.69) is 16.3 Å². The molecule has 27 heavy (non-hydrogen) atoms. The van der Waals surface area contributed by atoms with Gasteiger partial charge >= 0.3 is 0 Å². The Balaban J connectivity index is 1.63. The molecule has 1 unspecified atom stereocenters. The summed E-state index contributed by atoms with van der Waals surface area (Å²) in [6.07, 6.45) is 3.25. The SMILES string of the molecule is Cc1cc(C)cc(NC(=O)c2ccc3c(c2)N(C)C2CCCCN2C3=O)c1. The number of hydrogen-bond acceptors (Lipinski definition) is 3. The summed E-state index contributed by atoms with van der Waals surface area (Å²) < 4.78 is 0. The molecule has 0 aliphatic carbocycles. The van der Waals surface area contributed by atoms with Crippen LogP contribution >= 0.6 is 0 Å². The molecule has 2 aliphatic rings. The first-order valence-corrected chi connectivity index (χ1v) is 9.51. The third-order valence-corrected chi connectivity index (χ3v) is 5.53. The van der Waals surface area contributed by atoms with Gasteiger partial charge in [-0.2, -0.15) is 0 Å². The molecule has 5 nitrogen and oxygen atoms in total. The van der Waals surface area contributed by atoms with Gasteiger partial charge in [-0.15, -0.1) is 0 Å². The summed E-state index contributed by atoms with van der Waals surface area (Å²) >= 11 is 0. The number of hydrogen-bond donors (Lipinski definition) is 1. The van der Waals surface area contributed by atoms with Gasteiger partial charge in [0, 0.05) is 24.8 Å². The number of aryl methyl sites for hydroxylation is 2. The van der Waals surface area contributed by atoms with Crippen molar-refractivity contribution in [3.05, 3.63) is 58.7 Å². The number of anilines is 2. The van der Waals surface area contributed by atoms with E-state index in [0.29, 0.717) is 11.1 Å². The van der Waals surface area contributed by atoms with E-state index in [9.17, 15) is 9.59 Å². The van der Waals surface area contributed by atoms with E-state index >= 15 is 0 Å². The summed E-state index contributed by atoms with van der Waals surface area (Å²) in [7, 11) is 2.01. The Kier molecular flexibility index (Phi) is 4.38. The first-order chi connectivity index (χ1) is 12.9. The van der Waals surface area contributed by atoms with Crippen LogP contribution in [0.3, 0.4) is 0 Å². The van der Waals surface area contributed by atoms with Crippen LogP contribution in [0.15, 0.2) is 36.4 Å². The van der Waals surface area contributed by atoms with Gasteiger partial charge < -0.3 is 15.1 Å². The highest BCUT2D eigenvalue weighted by Gasteiger charge is 2.37. The molecule has 1 saturated heterocycles. The van der Waals surface area contributed by atoms with Crippen LogP contribution in [0, 0.1) is 13.8 Å². The zero-order chi connectivity index (χ0) is 19.1. The lowest BCUT2D eigenvalue weighted by molar-refractivity contribution is 0.0589. The molecule has 1 fully saturated rings. The van der Waals surface area contributed by atoms with Crippen molar-refractivity contribution in [2.45, 2.75) is 39.3 Å². The molecule has 0 radical (unpaired) electrons. The quantitative estimate of drug-likeness (QED) is 0.879. The molecule has 0 saturated carbocycles. The molecule has 0 aromatic heterocycles. The second-order valence-electron chi connectivity index (χ2n) is 7.65. The number of fused-ring (bicyclic) bond motifs is 2. The van der Waals surface area contributed by atoms with Crippen molar-refractivity contribution < 1.29 is 9.59 Å². The number of rotatable bonds is 2. The highest BCUT2D eigenvalue weighted by molar-refractivity contribution is 6.08. The summed E-state index contributed by atoms with van der Waals surface area (Å²) in [4.78, 5) is 29.7. The van der Waals surface area contributed by atoms with Crippen LogP contribution in [0.2, 0.25) is 0 Å². The molecule has 1 N–H and O–H groups in total. The van der Waals surface area contributed by atoms with E-state index in [1.165, 1.54) is 0 Å². The third-order valence-electron chi connectivity index (χ3n) is 5.53. The smallest absolute Gasteiger partial charge is 0.257 e. The summed E-state index contributed by atoms with van der Waals surface area (Å²) in [5.41, 5.74) is 5.10. The first kappa shape index (κ1) is 17.6. The largest absolute Gasteiger partial charge is 0.354 e. The predicted molar refractivity (Wildman–Crippen MR) is 107 cm³/mol. The van der Waals surface area contributed by atoms with Gasteiger partial charge in [0.05, 0.1) is 11.3 Å². The summed E-state index contributed by atoms with van der Waals surface area (Å²) in [6, 6.07) is 11.4. The number of benzene rings is 2. The van der Waals surface area contributed by atoms with Crippen molar-refractivity contribution >= 4 is 23.2 Å². The van der Waals surface area contributed by atoms with Crippen LogP contribution in [-0.2, 0) is 0 Å². The first-order valence-electron chi connectivity index (χ1n) is 9.51. The van der Waals surface area contributed by atoms with Gasteiger partial charge in [0.1, 0.15) is 6.17 Å². The summed E-state index contributed by atoms with van der Waals surface area (Å²) in [6.45, 7) is 4.83. The summed E-state index contributed by atoms with van der Waals surface area (Å²) in [5, 5.41) is 2.98. The average Bonchev–Trinajstić information content (AvgIpc) is 2.65. The number of amides is 2. The Hall–Kier alpha value is -2.82. The average molecular weight is 363 g/mol. The molecule has 2 heterocycles. The molecule has 0 bridgehead atoms. The normalized spacial score (nSPS) is 18.8. The van der Waals surface area contributed by atoms with Gasteiger partial charge in [-0.05, 0) is 74.6 Å². The van der Waals surface area contributed by atoms with Crippen molar-refractivity contribution in [1.82, 2.24) is 4.90 Å². The number of carbonyl (C=O) groups is 2. The van der Waals surface area contributed by atoms with Gasteiger partial charge in [-0.3, -0.25) is 9.59 Å². The van der Waals surface area contributed by atoms with Crippen molar-refractivity contribution in [3.63, 3.8) is 0 Å². The minimum atomic E-state index is -0.158. The van der Waals surface area contributed by atoms with Crippen LogP contribution in [0.5, 0.6) is 0 Å². The van der Waals surface area contributed by atoms with E-state index in [-0.39, 0.29) is 18.0 Å². The maximum absolute atomic E-state index is 12.8. The van der Waals surface area contributed by atoms with Gasteiger partial charge in [-0.25, -0.2) is 0 Å². The number of carbonyl (C=O) groups excluding carboxylic acids is 2. The van der Waals surface area contributed by atoms with Crippen molar-refractivity contribution in [2.24, 2.45) is 0 Å². The van der Waals surface area contributed by atoms with Crippen molar-refractivity contribution in [3.8, 4) is 0 Å². The van der Waals surface area contributed by atoms with Crippen LogP contribution in [0.1, 0.15) is 51.1 Å². The van der Waals surface area contributed by atoms with Crippen molar-refractivity contribution in [2.75, 3.05) is 23.8 Å². The maximum atomic E-state index is 12.8. The molecule has 140 valence electrons. The molecule has 1 atom stereocenters. The molecule has 2 aromatic rings. The highest BCUT2D eigenvalue weighted by atomic mass is 16.2. The van der Waals surface area contributed by atoms with Gasteiger partial charge in [0.2, 0.25) is 0 Å². The van der Waals surface area contributed by atoms with Crippen molar-refractivity contribution in [1.29, 1.82) is 0 Å².